The van der Waals surface area contributed by atoms with E-state index in [1.165, 1.54) is 6.07 Å². The smallest absolute Gasteiger partial charge is 0.259 e. The fourth-order valence-corrected chi connectivity index (χ4v) is 4.14. The summed E-state index contributed by atoms with van der Waals surface area (Å²) in [4.78, 5) is 19.6. The lowest BCUT2D eigenvalue weighted by Crippen LogP contribution is -2.34. The van der Waals surface area contributed by atoms with Crippen molar-refractivity contribution in [3.05, 3.63) is 69.8 Å². The highest BCUT2D eigenvalue weighted by Crippen LogP contribution is 2.28. The summed E-state index contributed by atoms with van der Waals surface area (Å²) >= 11 is 1.62. The van der Waals surface area contributed by atoms with Gasteiger partial charge in [-0.15, -0.1) is 0 Å². The number of carbonyl (C=O) groups is 1. The highest BCUT2D eigenvalue weighted by atomic mass is 32.1. The van der Waals surface area contributed by atoms with Crippen molar-refractivity contribution in [1.82, 2.24) is 20.4 Å². The summed E-state index contributed by atoms with van der Waals surface area (Å²) in [6, 6.07) is 9.98. The monoisotopic (exact) mass is 424 g/mol. The molecule has 3 aromatic heterocycles. The van der Waals surface area contributed by atoms with E-state index in [9.17, 15) is 9.18 Å². The van der Waals surface area contributed by atoms with Gasteiger partial charge < -0.3 is 14.7 Å². The van der Waals surface area contributed by atoms with Gasteiger partial charge in [-0.3, -0.25) is 4.79 Å². The first-order valence-electron chi connectivity index (χ1n) is 9.44. The first-order chi connectivity index (χ1) is 14.5. The molecule has 6 nitrogen and oxygen atoms in total. The van der Waals surface area contributed by atoms with Crippen LogP contribution in [-0.2, 0) is 0 Å². The molecule has 0 bridgehead atoms. The number of halogens is 1. The fraction of sp³-hybridized carbons (Fsp3) is 0.227. The molecule has 3 heterocycles. The van der Waals surface area contributed by atoms with Crippen LogP contribution >= 0.6 is 11.3 Å². The molecule has 4 rings (SSSR count). The van der Waals surface area contributed by atoms with Crippen LogP contribution in [0.25, 0.3) is 22.4 Å². The van der Waals surface area contributed by atoms with Gasteiger partial charge in [0, 0.05) is 12.1 Å². The SMILES string of the molecule is Cc1noc2nc(-c3ccccc3F)cc(C(=O)NC[C@@H](c3ccsc3)N(C)C)c12. The molecule has 0 saturated carbocycles. The Bertz CT molecular complexity index is 1190. The first-order valence-corrected chi connectivity index (χ1v) is 10.4. The molecule has 8 heteroatoms. The Kier molecular flexibility index (Phi) is 5.61. The number of aryl methyl sites for hydroxylation is 1. The number of benzene rings is 1. The second kappa shape index (κ2) is 8.33. The first kappa shape index (κ1) is 20.2. The third-order valence-electron chi connectivity index (χ3n) is 5.02. The topological polar surface area (TPSA) is 71.3 Å². The van der Waals surface area contributed by atoms with Gasteiger partial charge in [-0.25, -0.2) is 9.37 Å². The van der Waals surface area contributed by atoms with Gasteiger partial charge in [0.25, 0.3) is 11.6 Å². The van der Waals surface area contributed by atoms with Gasteiger partial charge >= 0.3 is 0 Å². The van der Waals surface area contributed by atoms with Crippen molar-refractivity contribution >= 4 is 28.3 Å². The zero-order chi connectivity index (χ0) is 21.3. The van der Waals surface area contributed by atoms with E-state index in [1.807, 2.05) is 25.5 Å². The minimum Gasteiger partial charge on any atom is -0.350 e. The number of likely N-dealkylation sites (N-methyl/N-ethyl adjacent to an activating group) is 1. The quantitative estimate of drug-likeness (QED) is 0.496. The van der Waals surface area contributed by atoms with E-state index in [4.69, 9.17) is 4.52 Å². The molecule has 30 heavy (non-hydrogen) atoms. The van der Waals surface area contributed by atoms with Gasteiger partial charge in [-0.1, -0.05) is 17.3 Å². The summed E-state index contributed by atoms with van der Waals surface area (Å²) in [6.45, 7) is 2.17. The second-order valence-electron chi connectivity index (χ2n) is 7.23. The standard InChI is InChI=1S/C22H21FN4O2S/c1-13-20-16(21(28)24-11-19(27(2)3)14-8-9-30-12-14)10-18(25-22(20)29-26-13)15-6-4-5-7-17(15)23/h4-10,12,19H,11H2,1-3H3,(H,24,28)/t19-/m0/s1. The molecule has 0 aliphatic heterocycles. The third kappa shape index (κ3) is 3.83. The summed E-state index contributed by atoms with van der Waals surface area (Å²) in [5, 5.41) is 11.6. The van der Waals surface area contributed by atoms with Crippen LogP contribution in [0, 0.1) is 12.7 Å². The molecule has 1 aromatic carbocycles. The third-order valence-corrected chi connectivity index (χ3v) is 5.72. The number of rotatable bonds is 6. The van der Waals surface area contributed by atoms with Crippen molar-refractivity contribution in [2.45, 2.75) is 13.0 Å². The molecule has 1 atom stereocenters. The molecule has 4 aromatic rings. The molecule has 0 radical (unpaired) electrons. The number of aromatic nitrogens is 2. The van der Waals surface area contributed by atoms with Crippen molar-refractivity contribution in [3.63, 3.8) is 0 Å². The Balaban J connectivity index is 1.69. The van der Waals surface area contributed by atoms with Crippen molar-refractivity contribution in [2.75, 3.05) is 20.6 Å². The number of amides is 1. The van der Waals surface area contributed by atoms with Gasteiger partial charge in [0.1, 0.15) is 5.82 Å². The average molecular weight is 425 g/mol. The van der Waals surface area contributed by atoms with Crippen molar-refractivity contribution in [2.24, 2.45) is 0 Å². The predicted molar refractivity (Wildman–Crippen MR) is 115 cm³/mol. The number of nitrogens with one attached hydrogen (secondary N) is 1. The van der Waals surface area contributed by atoms with E-state index in [0.29, 0.717) is 34.4 Å². The van der Waals surface area contributed by atoms with Gasteiger partial charge in [-0.05, 0) is 61.6 Å². The lowest BCUT2D eigenvalue weighted by Gasteiger charge is -2.24. The Hall–Kier alpha value is -3.10. The van der Waals surface area contributed by atoms with Crippen LogP contribution < -0.4 is 5.32 Å². The van der Waals surface area contributed by atoms with E-state index in [0.717, 1.165) is 5.56 Å². The van der Waals surface area contributed by atoms with Crippen LogP contribution in [0.5, 0.6) is 0 Å². The maximum Gasteiger partial charge on any atom is 0.259 e. The van der Waals surface area contributed by atoms with Crippen LogP contribution in [-0.4, -0.2) is 41.6 Å². The molecule has 1 N–H and O–H groups in total. The number of pyridine rings is 1. The summed E-state index contributed by atoms with van der Waals surface area (Å²) in [7, 11) is 3.94. The number of nitrogens with zero attached hydrogens (tertiary/aromatic N) is 3. The van der Waals surface area contributed by atoms with E-state index < -0.39 is 5.82 Å². The van der Waals surface area contributed by atoms with Crippen molar-refractivity contribution in [3.8, 4) is 11.3 Å². The van der Waals surface area contributed by atoms with E-state index in [2.05, 4.69) is 25.7 Å². The lowest BCUT2D eigenvalue weighted by atomic mass is 10.0. The van der Waals surface area contributed by atoms with Crippen LogP contribution in [0.2, 0.25) is 0 Å². The molecular formula is C22H21FN4O2S. The number of hydrogen-bond donors (Lipinski definition) is 1. The minimum atomic E-state index is -0.419. The van der Waals surface area contributed by atoms with Gasteiger partial charge in [0.05, 0.1) is 28.4 Å². The Labute approximate surface area is 177 Å². The molecule has 0 unspecified atom stereocenters. The molecule has 154 valence electrons. The summed E-state index contributed by atoms with van der Waals surface area (Å²) in [5.41, 5.74) is 2.89. The molecule has 0 fully saturated rings. The molecule has 0 aliphatic carbocycles. The largest absolute Gasteiger partial charge is 0.350 e. The summed E-state index contributed by atoms with van der Waals surface area (Å²) in [6.07, 6.45) is 0. The van der Waals surface area contributed by atoms with E-state index >= 15 is 0 Å². The Morgan fingerprint density at radius 1 is 1.30 bits per heavy atom. The summed E-state index contributed by atoms with van der Waals surface area (Å²) < 4.78 is 19.6. The maximum absolute atomic E-state index is 14.3. The van der Waals surface area contributed by atoms with Gasteiger partial charge in [0.15, 0.2) is 0 Å². The minimum absolute atomic E-state index is 0.0344. The molecule has 0 spiro atoms. The van der Waals surface area contributed by atoms with Crippen LogP contribution in [0.1, 0.15) is 27.7 Å². The summed E-state index contributed by atoms with van der Waals surface area (Å²) in [5.74, 6) is -0.703. The molecular weight excluding hydrogens is 403 g/mol. The van der Waals surface area contributed by atoms with Crippen molar-refractivity contribution in [1.29, 1.82) is 0 Å². The zero-order valence-corrected chi connectivity index (χ0v) is 17.7. The van der Waals surface area contributed by atoms with E-state index in [1.54, 1.807) is 42.5 Å². The highest BCUT2D eigenvalue weighted by Gasteiger charge is 2.22. The maximum atomic E-state index is 14.3. The van der Waals surface area contributed by atoms with Crippen LogP contribution in [0.4, 0.5) is 4.39 Å². The van der Waals surface area contributed by atoms with Crippen molar-refractivity contribution < 1.29 is 13.7 Å². The Morgan fingerprint density at radius 2 is 2.10 bits per heavy atom. The Morgan fingerprint density at radius 3 is 2.80 bits per heavy atom. The van der Waals surface area contributed by atoms with Gasteiger partial charge in [0.2, 0.25) is 0 Å². The zero-order valence-electron chi connectivity index (χ0n) is 16.8. The lowest BCUT2D eigenvalue weighted by molar-refractivity contribution is 0.0943. The fourth-order valence-electron chi connectivity index (χ4n) is 3.43. The number of hydrogen-bond acceptors (Lipinski definition) is 6. The van der Waals surface area contributed by atoms with Crippen LogP contribution in [0.3, 0.4) is 0 Å². The highest BCUT2D eigenvalue weighted by molar-refractivity contribution is 7.08. The number of carbonyl (C=O) groups excluding carboxylic acids is 1. The second-order valence-corrected chi connectivity index (χ2v) is 8.01. The number of fused-ring (bicyclic) bond motifs is 1. The van der Waals surface area contributed by atoms with Gasteiger partial charge in [-0.2, -0.15) is 11.3 Å². The molecule has 0 aliphatic rings. The molecule has 1 amide bonds. The average Bonchev–Trinajstić information content (AvgIpc) is 3.38. The van der Waals surface area contributed by atoms with E-state index in [-0.39, 0.29) is 17.7 Å². The number of thiophene rings is 1. The van der Waals surface area contributed by atoms with Crippen LogP contribution in [0.15, 0.2) is 51.7 Å². The predicted octanol–water partition coefficient (Wildman–Crippen LogP) is 4.43. The molecule has 0 saturated heterocycles. The normalized spacial score (nSPS) is 12.4.